The van der Waals surface area contributed by atoms with E-state index in [1.54, 1.807) is 0 Å². The molecule has 0 aromatic rings. The average Bonchev–Trinajstić information content (AvgIpc) is 1.97. The SMILES string of the molecule is C=C(CC(C)C)C(CCC)C(C)C. The Morgan fingerprint density at radius 1 is 1.15 bits per heavy atom. The van der Waals surface area contributed by atoms with Gasteiger partial charge in [0.25, 0.3) is 0 Å². The Balaban J connectivity index is 4.11. The van der Waals surface area contributed by atoms with Crippen LogP contribution < -0.4 is 0 Å². The van der Waals surface area contributed by atoms with Crippen molar-refractivity contribution in [2.24, 2.45) is 17.8 Å². The third-order valence-corrected chi connectivity index (χ3v) is 2.60. The second-order valence-electron chi connectivity index (χ2n) is 4.90. The summed E-state index contributed by atoms with van der Waals surface area (Å²) in [6.45, 7) is 15.7. The maximum Gasteiger partial charge on any atom is -0.0183 e. The van der Waals surface area contributed by atoms with E-state index in [2.05, 4.69) is 41.2 Å². The fourth-order valence-electron chi connectivity index (χ4n) is 2.00. The van der Waals surface area contributed by atoms with Crippen LogP contribution in [0.1, 0.15) is 53.9 Å². The largest absolute Gasteiger partial charge is 0.0996 e. The summed E-state index contributed by atoms with van der Waals surface area (Å²) in [5.41, 5.74) is 1.46. The lowest BCUT2D eigenvalue weighted by molar-refractivity contribution is 0.390. The molecule has 78 valence electrons. The zero-order chi connectivity index (χ0) is 10.4. The van der Waals surface area contributed by atoms with Crippen molar-refractivity contribution < 1.29 is 0 Å². The van der Waals surface area contributed by atoms with E-state index < -0.39 is 0 Å². The van der Waals surface area contributed by atoms with Gasteiger partial charge in [-0.25, -0.2) is 0 Å². The van der Waals surface area contributed by atoms with Gasteiger partial charge in [-0.05, 0) is 30.6 Å². The van der Waals surface area contributed by atoms with E-state index in [0.717, 1.165) is 17.8 Å². The molecule has 0 fully saturated rings. The van der Waals surface area contributed by atoms with E-state index in [4.69, 9.17) is 0 Å². The highest BCUT2D eigenvalue weighted by Gasteiger charge is 2.16. The second-order valence-corrected chi connectivity index (χ2v) is 4.90. The Bertz CT molecular complexity index is 142. The Kier molecular flexibility index (Phi) is 6.11. The van der Waals surface area contributed by atoms with E-state index in [-0.39, 0.29) is 0 Å². The van der Waals surface area contributed by atoms with Crippen molar-refractivity contribution in [3.63, 3.8) is 0 Å². The van der Waals surface area contributed by atoms with E-state index in [0.29, 0.717) is 0 Å². The van der Waals surface area contributed by atoms with Crippen LogP contribution in [-0.2, 0) is 0 Å². The molecule has 0 rings (SSSR count). The molecule has 0 radical (unpaired) electrons. The molecular formula is C13H26. The third-order valence-electron chi connectivity index (χ3n) is 2.60. The molecule has 1 unspecified atom stereocenters. The lowest BCUT2D eigenvalue weighted by Crippen LogP contribution is -2.12. The van der Waals surface area contributed by atoms with Crippen LogP contribution in [0.4, 0.5) is 0 Å². The molecule has 0 aliphatic carbocycles. The van der Waals surface area contributed by atoms with E-state index >= 15 is 0 Å². The molecule has 0 aromatic heterocycles. The molecule has 0 N–H and O–H groups in total. The van der Waals surface area contributed by atoms with E-state index in [9.17, 15) is 0 Å². The van der Waals surface area contributed by atoms with Gasteiger partial charge in [0.15, 0.2) is 0 Å². The first-order chi connectivity index (χ1) is 5.99. The molecule has 1 atom stereocenters. The summed E-state index contributed by atoms with van der Waals surface area (Å²) in [5, 5.41) is 0. The smallest absolute Gasteiger partial charge is 0.0183 e. The van der Waals surface area contributed by atoms with Gasteiger partial charge in [-0.15, -0.1) is 0 Å². The zero-order valence-electron chi connectivity index (χ0n) is 10.1. The normalized spacial score (nSPS) is 13.8. The number of hydrogen-bond donors (Lipinski definition) is 0. The maximum absolute atomic E-state index is 4.24. The van der Waals surface area contributed by atoms with Gasteiger partial charge in [-0.3, -0.25) is 0 Å². The predicted molar refractivity (Wildman–Crippen MR) is 61.8 cm³/mol. The van der Waals surface area contributed by atoms with Gasteiger partial charge in [-0.2, -0.15) is 0 Å². The Morgan fingerprint density at radius 2 is 1.69 bits per heavy atom. The van der Waals surface area contributed by atoms with E-state index in [1.807, 2.05) is 0 Å². The molecule has 0 saturated heterocycles. The summed E-state index contributed by atoms with van der Waals surface area (Å²) in [7, 11) is 0. The van der Waals surface area contributed by atoms with Gasteiger partial charge in [-0.1, -0.05) is 53.2 Å². The van der Waals surface area contributed by atoms with Crippen molar-refractivity contribution in [1.82, 2.24) is 0 Å². The Morgan fingerprint density at radius 3 is 2.00 bits per heavy atom. The minimum absolute atomic E-state index is 0.743. The first kappa shape index (κ1) is 12.7. The van der Waals surface area contributed by atoms with Crippen LogP contribution in [0.3, 0.4) is 0 Å². The topological polar surface area (TPSA) is 0 Å². The van der Waals surface area contributed by atoms with Crippen LogP contribution in [0, 0.1) is 17.8 Å². The fraction of sp³-hybridized carbons (Fsp3) is 0.846. The molecule has 0 nitrogen and oxygen atoms in total. The van der Waals surface area contributed by atoms with Crippen LogP contribution in [-0.4, -0.2) is 0 Å². The molecule has 13 heavy (non-hydrogen) atoms. The van der Waals surface area contributed by atoms with Crippen LogP contribution in [0.5, 0.6) is 0 Å². The summed E-state index contributed by atoms with van der Waals surface area (Å²) in [5.74, 6) is 2.25. The molecule has 0 heterocycles. The first-order valence-electron chi connectivity index (χ1n) is 5.66. The van der Waals surface area contributed by atoms with Crippen LogP contribution in [0.2, 0.25) is 0 Å². The molecule has 0 aliphatic rings. The van der Waals surface area contributed by atoms with E-state index in [1.165, 1.54) is 24.8 Å². The van der Waals surface area contributed by atoms with Crippen LogP contribution in [0.15, 0.2) is 12.2 Å². The summed E-state index contributed by atoms with van der Waals surface area (Å²) in [6, 6.07) is 0. The van der Waals surface area contributed by atoms with Crippen molar-refractivity contribution >= 4 is 0 Å². The van der Waals surface area contributed by atoms with Crippen LogP contribution in [0.25, 0.3) is 0 Å². The van der Waals surface area contributed by atoms with Crippen molar-refractivity contribution in [2.45, 2.75) is 53.9 Å². The third kappa shape index (κ3) is 5.13. The number of hydrogen-bond acceptors (Lipinski definition) is 0. The summed E-state index contributed by atoms with van der Waals surface area (Å²) in [6.07, 6.45) is 3.78. The van der Waals surface area contributed by atoms with Gasteiger partial charge in [0, 0.05) is 0 Å². The van der Waals surface area contributed by atoms with Gasteiger partial charge >= 0.3 is 0 Å². The molecule has 0 bridgehead atoms. The second kappa shape index (κ2) is 6.23. The Labute approximate surface area is 84.4 Å². The average molecular weight is 182 g/mol. The van der Waals surface area contributed by atoms with Crippen molar-refractivity contribution in [3.8, 4) is 0 Å². The van der Waals surface area contributed by atoms with Gasteiger partial charge in [0.1, 0.15) is 0 Å². The summed E-state index contributed by atoms with van der Waals surface area (Å²) < 4.78 is 0. The first-order valence-corrected chi connectivity index (χ1v) is 5.66. The molecule has 0 heteroatoms. The van der Waals surface area contributed by atoms with Crippen molar-refractivity contribution in [2.75, 3.05) is 0 Å². The molecule has 0 spiro atoms. The minimum Gasteiger partial charge on any atom is -0.0996 e. The van der Waals surface area contributed by atoms with Gasteiger partial charge in [0.2, 0.25) is 0 Å². The minimum atomic E-state index is 0.743. The highest BCUT2D eigenvalue weighted by molar-refractivity contribution is 5.02. The van der Waals surface area contributed by atoms with Gasteiger partial charge < -0.3 is 0 Å². The maximum atomic E-state index is 4.24. The molecule has 0 aliphatic heterocycles. The van der Waals surface area contributed by atoms with Crippen molar-refractivity contribution in [1.29, 1.82) is 0 Å². The molecule has 0 aromatic carbocycles. The molecular weight excluding hydrogens is 156 g/mol. The monoisotopic (exact) mass is 182 g/mol. The lowest BCUT2D eigenvalue weighted by atomic mass is 9.82. The molecule has 0 saturated carbocycles. The standard InChI is InChI=1S/C13H26/c1-7-8-13(11(4)5)12(6)9-10(2)3/h10-11,13H,6-9H2,1-5H3. The van der Waals surface area contributed by atoms with Crippen LogP contribution >= 0.6 is 0 Å². The summed E-state index contributed by atoms with van der Waals surface area (Å²) >= 11 is 0. The fourth-order valence-corrected chi connectivity index (χ4v) is 2.00. The highest BCUT2D eigenvalue weighted by Crippen LogP contribution is 2.28. The van der Waals surface area contributed by atoms with Crippen molar-refractivity contribution in [3.05, 3.63) is 12.2 Å². The van der Waals surface area contributed by atoms with Gasteiger partial charge in [0.05, 0.1) is 0 Å². The number of allylic oxidation sites excluding steroid dienone is 1. The zero-order valence-corrected chi connectivity index (χ0v) is 10.1. The lowest BCUT2D eigenvalue weighted by Gasteiger charge is -2.24. The quantitative estimate of drug-likeness (QED) is 0.524. The Hall–Kier alpha value is -0.260. The predicted octanol–water partition coefficient (Wildman–Crippen LogP) is 4.66. The molecule has 0 amide bonds. The number of rotatable bonds is 6. The highest BCUT2D eigenvalue weighted by atomic mass is 14.2. The summed E-state index contributed by atoms with van der Waals surface area (Å²) in [4.78, 5) is 0.